The van der Waals surface area contributed by atoms with Gasteiger partial charge in [0.2, 0.25) is 0 Å². The smallest absolute Gasteiger partial charge is 0.277 e. The highest BCUT2D eigenvalue weighted by atomic mass is 16.5. The van der Waals surface area contributed by atoms with Crippen molar-refractivity contribution in [3.8, 4) is 5.75 Å². The Kier molecular flexibility index (Phi) is 5.06. The number of ether oxygens (including phenoxy) is 1. The van der Waals surface area contributed by atoms with Gasteiger partial charge in [-0.3, -0.25) is 19.4 Å². The minimum Gasteiger partial charge on any atom is -0.496 e. The number of hydrogen-bond donors (Lipinski definition) is 1. The molecule has 0 radical (unpaired) electrons. The number of imide groups is 1. The lowest BCUT2D eigenvalue weighted by Crippen LogP contribution is -2.48. The Hall–Kier alpha value is -2.38. The van der Waals surface area contributed by atoms with Crippen LogP contribution in [0.5, 0.6) is 5.75 Å². The molecule has 0 bridgehead atoms. The normalized spacial score (nSPS) is 19.2. The summed E-state index contributed by atoms with van der Waals surface area (Å²) in [6.07, 6.45) is 0. The monoisotopic (exact) mass is 345 g/mol. The molecule has 25 heavy (non-hydrogen) atoms. The third kappa shape index (κ3) is 3.12. The summed E-state index contributed by atoms with van der Waals surface area (Å²) in [4.78, 5) is 30.7. The number of rotatable bonds is 5. The summed E-state index contributed by atoms with van der Waals surface area (Å²) in [5.74, 6) is -0.00540. The molecular formula is C18H23N3O4. The van der Waals surface area contributed by atoms with E-state index in [2.05, 4.69) is 4.90 Å². The zero-order chi connectivity index (χ0) is 18.0. The lowest BCUT2D eigenvalue weighted by molar-refractivity contribution is -0.136. The van der Waals surface area contributed by atoms with E-state index in [1.165, 1.54) is 7.05 Å². The Bertz CT molecular complexity index is 708. The molecule has 1 fully saturated rings. The SMILES string of the molecule is COc1ccccc1C1=C(N2CCN(CCO)CC2)C(=O)N(C)C1=O. The number of likely N-dealkylation sites (N-methyl/N-ethyl adjacent to an activating group) is 1. The minimum atomic E-state index is -0.303. The second-order valence-corrected chi connectivity index (χ2v) is 6.15. The minimum absolute atomic E-state index is 0.120. The molecule has 7 nitrogen and oxygen atoms in total. The van der Waals surface area contributed by atoms with Crippen LogP contribution in [-0.4, -0.2) is 85.1 Å². The summed E-state index contributed by atoms with van der Waals surface area (Å²) in [5, 5.41) is 9.07. The van der Waals surface area contributed by atoms with E-state index in [0.29, 0.717) is 42.2 Å². The van der Waals surface area contributed by atoms with Gasteiger partial charge >= 0.3 is 0 Å². The highest BCUT2D eigenvalue weighted by molar-refractivity contribution is 6.35. The maximum absolute atomic E-state index is 12.7. The van der Waals surface area contributed by atoms with Crippen molar-refractivity contribution in [3.05, 3.63) is 35.5 Å². The van der Waals surface area contributed by atoms with Crippen LogP contribution in [0.3, 0.4) is 0 Å². The predicted octanol–water partition coefficient (Wildman–Crippen LogP) is 0.0148. The summed E-state index contributed by atoms with van der Waals surface area (Å²) in [6, 6.07) is 7.26. The van der Waals surface area contributed by atoms with Gasteiger partial charge in [-0.2, -0.15) is 0 Å². The highest BCUT2D eigenvalue weighted by Gasteiger charge is 2.41. The zero-order valence-corrected chi connectivity index (χ0v) is 14.6. The van der Waals surface area contributed by atoms with Gasteiger partial charge in [-0.15, -0.1) is 0 Å². The topological polar surface area (TPSA) is 73.3 Å². The third-order valence-corrected chi connectivity index (χ3v) is 4.74. The molecule has 0 spiro atoms. The average Bonchev–Trinajstić information content (AvgIpc) is 2.86. The number of β-amino-alcohol motifs (C(OH)–C–C–N with tert-alkyl or cyclic N) is 1. The van der Waals surface area contributed by atoms with Gasteiger partial charge in [0, 0.05) is 45.3 Å². The largest absolute Gasteiger partial charge is 0.496 e. The quantitative estimate of drug-likeness (QED) is 0.758. The van der Waals surface area contributed by atoms with Crippen molar-refractivity contribution < 1.29 is 19.4 Å². The molecule has 2 amide bonds. The first kappa shape index (κ1) is 17.4. The molecular weight excluding hydrogens is 322 g/mol. The number of carbonyl (C=O) groups excluding carboxylic acids is 2. The van der Waals surface area contributed by atoms with Gasteiger partial charge in [-0.05, 0) is 6.07 Å². The summed E-state index contributed by atoms with van der Waals surface area (Å²) >= 11 is 0. The molecule has 1 aromatic carbocycles. The maximum Gasteiger partial charge on any atom is 0.277 e. The Labute approximate surface area is 147 Å². The van der Waals surface area contributed by atoms with Crippen LogP contribution in [0.2, 0.25) is 0 Å². The molecule has 0 atom stereocenters. The fourth-order valence-electron chi connectivity index (χ4n) is 3.35. The van der Waals surface area contributed by atoms with E-state index in [0.717, 1.165) is 18.0 Å². The van der Waals surface area contributed by atoms with Crippen LogP contribution in [0.4, 0.5) is 0 Å². The molecule has 1 saturated heterocycles. The van der Waals surface area contributed by atoms with Crippen molar-refractivity contribution in [3.63, 3.8) is 0 Å². The van der Waals surface area contributed by atoms with E-state index in [1.807, 2.05) is 17.0 Å². The summed E-state index contributed by atoms with van der Waals surface area (Å²) in [7, 11) is 3.06. The van der Waals surface area contributed by atoms with Gasteiger partial charge in [0.1, 0.15) is 11.4 Å². The van der Waals surface area contributed by atoms with Crippen LogP contribution in [0.1, 0.15) is 5.56 Å². The highest BCUT2D eigenvalue weighted by Crippen LogP contribution is 2.35. The molecule has 0 saturated carbocycles. The Balaban J connectivity index is 1.99. The van der Waals surface area contributed by atoms with Gasteiger partial charge in [-0.1, -0.05) is 18.2 Å². The van der Waals surface area contributed by atoms with Gasteiger partial charge in [0.15, 0.2) is 0 Å². The van der Waals surface area contributed by atoms with Gasteiger partial charge in [0.05, 0.1) is 19.3 Å². The van der Waals surface area contributed by atoms with Gasteiger partial charge in [0.25, 0.3) is 11.8 Å². The number of aliphatic hydroxyl groups excluding tert-OH is 1. The average molecular weight is 345 g/mol. The van der Waals surface area contributed by atoms with E-state index in [4.69, 9.17) is 9.84 Å². The van der Waals surface area contributed by atoms with E-state index >= 15 is 0 Å². The van der Waals surface area contributed by atoms with Crippen LogP contribution in [0, 0.1) is 0 Å². The second-order valence-electron chi connectivity index (χ2n) is 6.15. The van der Waals surface area contributed by atoms with Crippen molar-refractivity contribution >= 4 is 17.4 Å². The standard InChI is InChI=1S/C18H23N3O4/c1-19-17(23)15(13-5-3-4-6-14(13)25-2)16(18(19)24)21-9-7-20(8-10-21)11-12-22/h3-6,22H,7-12H2,1-2H3. The van der Waals surface area contributed by atoms with Crippen molar-refractivity contribution in [2.75, 3.05) is 53.5 Å². The molecule has 7 heteroatoms. The number of benzene rings is 1. The first-order valence-electron chi connectivity index (χ1n) is 8.36. The summed E-state index contributed by atoms with van der Waals surface area (Å²) in [6.45, 7) is 3.51. The van der Waals surface area contributed by atoms with Crippen molar-refractivity contribution in [1.29, 1.82) is 0 Å². The van der Waals surface area contributed by atoms with E-state index in [1.54, 1.807) is 19.2 Å². The first-order valence-corrected chi connectivity index (χ1v) is 8.36. The second kappa shape index (κ2) is 7.25. The fraction of sp³-hybridized carbons (Fsp3) is 0.444. The number of methoxy groups -OCH3 is 1. The Morgan fingerprint density at radius 2 is 1.76 bits per heavy atom. The molecule has 2 aliphatic heterocycles. The lowest BCUT2D eigenvalue weighted by atomic mass is 10.0. The molecule has 2 aliphatic rings. The summed E-state index contributed by atoms with van der Waals surface area (Å²) < 4.78 is 5.39. The molecule has 0 aliphatic carbocycles. The molecule has 0 aromatic heterocycles. The van der Waals surface area contributed by atoms with Crippen molar-refractivity contribution in [2.24, 2.45) is 0 Å². The van der Waals surface area contributed by atoms with Crippen molar-refractivity contribution in [1.82, 2.24) is 14.7 Å². The molecule has 0 unspecified atom stereocenters. The number of hydrogen-bond acceptors (Lipinski definition) is 6. The van der Waals surface area contributed by atoms with Gasteiger partial charge < -0.3 is 14.7 Å². The fourth-order valence-corrected chi connectivity index (χ4v) is 3.35. The number of nitrogens with zero attached hydrogens (tertiary/aromatic N) is 3. The Morgan fingerprint density at radius 3 is 2.40 bits per heavy atom. The number of aliphatic hydroxyl groups is 1. The number of amides is 2. The van der Waals surface area contributed by atoms with E-state index in [9.17, 15) is 9.59 Å². The third-order valence-electron chi connectivity index (χ3n) is 4.74. The van der Waals surface area contributed by atoms with Crippen molar-refractivity contribution in [2.45, 2.75) is 0 Å². The molecule has 134 valence electrons. The molecule has 1 aromatic rings. The molecule has 1 N–H and O–H groups in total. The number of piperazine rings is 1. The van der Waals surface area contributed by atoms with Crippen LogP contribution in [-0.2, 0) is 9.59 Å². The van der Waals surface area contributed by atoms with Gasteiger partial charge in [-0.25, -0.2) is 0 Å². The van der Waals surface area contributed by atoms with E-state index < -0.39 is 0 Å². The zero-order valence-electron chi connectivity index (χ0n) is 14.6. The number of carbonyl (C=O) groups is 2. The van der Waals surface area contributed by atoms with Crippen LogP contribution in [0.25, 0.3) is 5.57 Å². The van der Waals surface area contributed by atoms with Crippen LogP contribution < -0.4 is 4.74 Å². The number of para-hydroxylation sites is 1. The molecule has 2 heterocycles. The summed E-state index contributed by atoms with van der Waals surface area (Å²) in [5.41, 5.74) is 1.49. The lowest BCUT2D eigenvalue weighted by Gasteiger charge is -2.36. The van der Waals surface area contributed by atoms with E-state index in [-0.39, 0.29) is 18.4 Å². The molecule has 3 rings (SSSR count). The Morgan fingerprint density at radius 1 is 1.08 bits per heavy atom. The van der Waals surface area contributed by atoms with Crippen LogP contribution in [0.15, 0.2) is 30.0 Å². The first-order chi connectivity index (χ1) is 12.1. The predicted molar refractivity (Wildman–Crippen MR) is 92.8 cm³/mol. The maximum atomic E-state index is 12.7. The van der Waals surface area contributed by atoms with Crippen LogP contribution >= 0.6 is 0 Å².